The van der Waals surface area contributed by atoms with Gasteiger partial charge < -0.3 is 5.73 Å². The van der Waals surface area contributed by atoms with Gasteiger partial charge in [0.15, 0.2) is 0 Å². The molecule has 0 radical (unpaired) electrons. The molecule has 82 valence electrons. The molecule has 3 heterocycles. The largest absolute Gasteiger partial charge is 0.366 e. The predicted octanol–water partition coefficient (Wildman–Crippen LogP) is 0.985. The second-order valence-electron chi connectivity index (χ2n) is 4.05. The molecule has 0 aromatic carbocycles. The lowest BCUT2D eigenvalue weighted by atomic mass is 9.94. The fourth-order valence-electron chi connectivity index (χ4n) is 2.19. The molecule has 2 aromatic heterocycles. The molecule has 5 heteroatoms. The summed E-state index contributed by atoms with van der Waals surface area (Å²) in [6.07, 6.45) is 3.76. The van der Waals surface area contributed by atoms with Gasteiger partial charge in [-0.1, -0.05) is 6.07 Å². The molecule has 0 saturated carbocycles. The third-order valence-corrected chi connectivity index (χ3v) is 2.99. The van der Waals surface area contributed by atoms with Crippen LogP contribution in [0.5, 0.6) is 0 Å². The number of aryl methyl sites for hydroxylation is 1. The molecule has 5 nitrogen and oxygen atoms in total. The van der Waals surface area contributed by atoms with E-state index in [9.17, 15) is 0 Å². The molecule has 16 heavy (non-hydrogen) atoms. The summed E-state index contributed by atoms with van der Waals surface area (Å²) < 4.78 is 1.90. The molecule has 1 aliphatic rings. The molecule has 1 unspecified atom stereocenters. The smallest absolute Gasteiger partial charge is 0.239 e. The van der Waals surface area contributed by atoms with Gasteiger partial charge >= 0.3 is 0 Å². The van der Waals surface area contributed by atoms with E-state index >= 15 is 0 Å². The van der Waals surface area contributed by atoms with Crippen molar-refractivity contribution < 1.29 is 0 Å². The maximum Gasteiger partial charge on any atom is 0.239 e. The van der Waals surface area contributed by atoms with E-state index in [2.05, 4.69) is 21.1 Å². The van der Waals surface area contributed by atoms with Crippen molar-refractivity contribution in [3.63, 3.8) is 0 Å². The third-order valence-electron chi connectivity index (χ3n) is 2.99. The number of nitrogen functional groups attached to an aromatic ring is 1. The van der Waals surface area contributed by atoms with Crippen molar-refractivity contribution in [2.45, 2.75) is 25.3 Å². The molecule has 0 aliphatic carbocycles. The zero-order valence-electron chi connectivity index (χ0n) is 8.87. The first-order valence-corrected chi connectivity index (χ1v) is 5.43. The van der Waals surface area contributed by atoms with Crippen molar-refractivity contribution in [1.82, 2.24) is 19.7 Å². The highest BCUT2D eigenvalue weighted by Crippen LogP contribution is 2.27. The number of rotatable bonds is 1. The van der Waals surface area contributed by atoms with Gasteiger partial charge in [-0.25, -0.2) is 4.68 Å². The Morgan fingerprint density at radius 3 is 3.12 bits per heavy atom. The van der Waals surface area contributed by atoms with Crippen LogP contribution in [0.4, 0.5) is 5.95 Å². The van der Waals surface area contributed by atoms with E-state index < -0.39 is 0 Å². The van der Waals surface area contributed by atoms with Crippen molar-refractivity contribution in [2.24, 2.45) is 0 Å². The Morgan fingerprint density at radius 2 is 2.31 bits per heavy atom. The number of hydrogen-bond donors (Lipinski definition) is 1. The lowest BCUT2D eigenvalue weighted by Gasteiger charge is -2.21. The fourth-order valence-corrected chi connectivity index (χ4v) is 2.19. The van der Waals surface area contributed by atoms with Gasteiger partial charge in [0.25, 0.3) is 0 Å². The highest BCUT2D eigenvalue weighted by Gasteiger charge is 2.23. The lowest BCUT2D eigenvalue weighted by molar-refractivity contribution is 0.429. The van der Waals surface area contributed by atoms with Crippen molar-refractivity contribution in [3.8, 4) is 0 Å². The average Bonchev–Trinajstić information content (AvgIpc) is 2.69. The molecular formula is C11H13N5. The zero-order valence-corrected chi connectivity index (χ0v) is 8.87. The number of fused-ring (bicyclic) bond motifs is 1. The number of nitrogens with zero attached hydrogens (tertiary/aromatic N) is 4. The first-order chi connectivity index (χ1) is 7.83. The molecule has 0 amide bonds. The average molecular weight is 215 g/mol. The minimum Gasteiger partial charge on any atom is -0.366 e. The second kappa shape index (κ2) is 3.59. The number of nitrogens with two attached hydrogens (primary N) is 1. The SMILES string of the molecule is Nc1nc2n(n1)CCC(c1ccccn1)C2. The van der Waals surface area contributed by atoms with Crippen molar-refractivity contribution in [1.29, 1.82) is 0 Å². The van der Waals surface area contributed by atoms with Gasteiger partial charge in [-0.15, -0.1) is 5.10 Å². The van der Waals surface area contributed by atoms with Crippen LogP contribution < -0.4 is 5.73 Å². The Morgan fingerprint density at radius 1 is 1.38 bits per heavy atom. The molecule has 2 aromatic rings. The number of hydrogen-bond acceptors (Lipinski definition) is 4. The van der Waals surface area contributed by atoms with E-state index in [-0.39, 0.29) is 0 Å². The van der Waals surface area contributed by atoms with Crippen LogP contribution in [0.15, 0.2) is 24.4 Å². The highest BCUT2D eigenvalue weighted by molar-refractivity contribution is 5.18. The molecule has 3 rings (SSSR count). The van der Waals surface area contributed by atoms with Gasteiger partial charge in [0.05, 0.1) is 0 Å². The number of aromatic nitrogens is 4. The minimum atomic E-state index is 0.372. The van der Waals surface area contributed by atoms with E-state index in [1.54, 1.807) is 0 Å². The summed E-state index contributed by atoms with van der Waals surface area (Å²) in [7, 11) is 0. The van der Waals surface area contributed by atoms with Gasteiger partial charge in [0.2, 0.25) is 5.95 Å². The Kier molecular flexibility index (Phi) is 2.09. The van der Waals surface area contributed by atoms with E-state index in [1.165, 1.54) is 0 Å². The number of pyridine rings is 1. The van der Waals surface area contributed by atoms with Crippen LogP contribution in [0.1, 0.15) is 23.9 Å². The number of anilines is 1. The quantitative estimate of drug-likeness (QED) is 0.770. The normalized spacial score (nSPS) is 19.4. The Bertz CT molecular complexity index is 490. The molecule has 0 fully saturated rings. The van der Waals surface area contributed by atoms with Crippen LogP contribution >= 0.6 is 0 Å². The standard InChI is InChI=1S/C11H13N5/c12-11-14-10-7-8(4-6-16(10)15-11)9-3-1-2-5-13-9/h1-3,5,8H,4,6-7H2,(H2,12,15). The molecule has 0 spiro atoms. The third kappa shape index (κ3) is 1.54. The van der Waals surface area contributed by atoms with Crippen LogP contribution in [-0.4, -0.2) is 19.7 Å². The molecule has 1 atom stereocenters. The van der Waals surface area contributed by atoms with Gasteiger partial charge in [-0.3, -0.25) is 4.98 Å². The van der Waals surface area contributed by atoms with Crippen LogP contribution in [0.2, 0.25) is 0 Å². The molecular weight excluding hydrogens is 202 g/mol. The minimum absolute atomic E-state index is 0.372. The zero-order chi connectivity index (χ0) is 11.0. The van der Waals surface area contributed by atoms with Crippen LogP contribution in [0.3, 0.4) is 0 Å². The first-order valence-electron chi connectivity index (χ1n) is 5.43. The Hall–Kier alpha value is -1.91. The Balaban J connectivity index is 1.88. The summed E-state index contributed by atoms with van der Waals surface area (Å²) in [4.78, 5) is 8.62. The van der Waals surface area contributed by atoms with Gasteiger partial charge in [-0.2, -0.15) is 4.98 Å². The fraction of sp³-hybridized carbons (Fsp3) is 0.364. The predicted molar refractivity (Wildman–Crippen MR) is 59.7 cm³/mol. The molecule has 0 saturated heterocycles. The summed E-state index contributed by atoms with van der Waals surface area (Å²) >= 11 is 0. The van der Waals surface area contributed by atoms with E-state index in [0.29, 0.717) is 11.9 Å². The van der Waals surface area contributed by atoms with Crippen molar-refractivity contribution in [3.05, 3.63) is 35.9 Å². The van der Waals surface area contributed by atoms with Crippen molar-refractivity contribution in [2.75, 3.05) is 5.73 Å². The topological polar surface area (TPSA) is 69.6 Å². The van der Waals surface area contributed by atoms with Crippen LogP contribution in [-0.2, 0) is 13.0 Å². The molecule has 1 aliphatic heterocycles. The van der Waals surface area contributed by atoms with E-state index in [1.807, 2.05) is 23.0 Å². The highest BCUT2D eigenvalue weighted by atomic mass is 15.4. The lowest BCUT2D eigenvalue weighted by Crippen LogP contribution is -2.19. The summed E-state index contributed by atoms with van der Waals surface area (Å²) in [6.45, 7) is 0.876. The second-order valence-corrected chi connectivity index (χ2v) is 4.05. The summed E-state index contributed by atoms with van der Waals surface area (Å²) in [5, 5.41) is 4.14. The summed E-state index contributed by atoms with van der Waals surface area (Å²) in [6, 6.07) is 6.03. The monoisotopic (exact) mass is 215 g/mol. The maximum absolute atomic E-state index is 5.58. The summed E-state index contributed by atoms with van der Waals surface area (Å²) in [5.41, 5.74) is 6.72. The van der Waals surface area contributed by atoms with E-state index in [0.717, 1.165) is 30.9 Å². The molecule has 0 bridgehead atoms. The maximum atomic E-state index is 5.58. The Labute approximate surface area is 93.3 Å². The molecule has 2 N–H and O–H groups in total. The van der Waals surface area contributed by atoms with Crippen LogP contribution in [0.25, 0.3) is 0 Å². The van der Waals surface area contributed by atoms with Gasteiger partial charge in [0.1, 0.15) is 5.82 Å². The first kappa shape index (κ1) is 9.33. The summed E-state index contributed by atoms with van der Waals surface area (Å²) in [5.74, 6) is 1.79. The van der Waals surface area contributed by atoms with Crippen molar-refractivity contribution >= 4 is 5.95 Å². The van der Waals surface area contributed by atoms with Gasteiger partial charge in [0, 0.05) is 30.8 Å². The van der Waals surface area contributed by atoms with Crippen LogP contribution in [0, 0.1) is 0 Å². The van der Waals surface area contributed by atoms with E-state index in [4.69, 9.17) is 5.73 Å². The van der Waals surface area contributed by atoms with Gasteiger partial charge in [-0.05, 0) is 18.6 Å².